The highest BCUT2D eigenvalue weighted by atomic mass is 32.2. The summed E-state index contributed by atoms with van der Waals surface area (Å²) < 4.78 is 37.3. The van der Waals surface area contributed by atoms with Crippen LogP contribution in [0.25, 0.3) is 33.3 Å². The molecule has 4 aromatic rings. The average Bonchev–Trinajstić information content (AvgIpc) is 3.19. The highest BCUT2D eigenvalue weighted by Crippen LogP contribution is 2.37. The van der Waals surface area contributed by atoms with Gasteiger partial charge in [0.2, 0.25) is 10.0 Å². The summed E-state index contributed by atoms with van der Waals surface area (Å²) in [5.41, 5.74) is 3.56. The minimum Gasteiger partial charge on any atom is -0.493 e. The second-order valence-electron chi connectivity index (χ2n) is 9.43. The molecule has 2 aromatic heterocycles. The Kier molecular flexibility index (Phi) is 6.22. The van der Waals surface area contributed by atoms with E-state index in [2.05, 4.69) is 0 Å². The molecule has 0 saturated carbocycles. The van der Waals surface area contributed by atoms with E-state index in [1.165, 1.54) is 10.6 Å². The predicted octanol–water partition coefficient (Wildman–Crippen LogP) is 5.01. The van der Waals surface area contributed by atoms with Gasteiger partial charge >= 0.3 is 5.97 Å². The summed E-state index contributed by atoms with van der Waals surface area (Å²) in [6.07, 6.45) is 2.61. The van der Waals surface area contributed by atoms with E-state index in [0.29, 0.717) is 60.6 Å². The SMILES string of the molecule is Cc1c(-c2cc(C(=O)O)c3c(OCC4CCN(S(C)(=O)=O)CC4)ccc(C)c3n2)oc2ccccc12. The molecular formula is C27H28N2O6S. The van der Waals surface area contributed by atoms with Crippen molar-refractivity contribution < 1.29 is 27.5 Å². The van der Waals surface area contributed by atoms with Gasteiger partial charge in [0.1, 0.15) is 17.0 Å². The zero-order chi connectivity index (χ0) is 25.6. The first-order valence-electron chi connectivity index (χ1n) is 11.9. The Morgan fingerprint density at radius 3 is 2.56 bits per heavy atom. The molecule has 0 unspecified atom stereocenters. The number of aromatic carboxylic acids is 1. The molecule has 8 nitrogen and oxygen atoms in total. The zero-order valence-corrected chi connectivity index (χ0v) is 21.3. The number of rotatable bonds is 6. The van der Waals surface area contributed by atoms with Gasteiger partial charge in [-0.25, -0.2) is 22.5 Å². The summed E-state index contributed by atoms with van der Waals surface area (Å²) >= 11 is 0. The van der Waals surface area contributed by atoms with E-state index in [4.69, 9.17) is 14.1 Å². The number of aryl methyl sites for hydroxylation is 2. The molecule has 9 heteroatoms. The molecule has 5 rings (SSSR count). The molecule has 0 radical (unpaired) electrons. The Hall–Kier alpha value is -3.43. The number of para-hydroxylation sites is 1. The molecule has 1 N–H and O–H groups in total. The fraction of sp³-hybridized carbons (Fsp3) is 0.333. The van der Waals surface area contributed by atoms with Gasteiger partial charge in [-0.05, 0) is 56.4 Å². The largest absolute Gasteiger partial charge is 0.493 e. The Labute approximate surface area is 209 Å². The summed E-state index contributed by atoms with van der Waals surface area (Å²) in [4.78, 5) is 17.2. The molecule has 0 spiro atoms. The van der Waals surface area contributed by atoms with Crippen molar-refractivity contribution in [1.82, 2.24) is 9.29 Å². The molecule has 0 amide bonds. The molecule has 188 valence electrons. The summed E-state index contributed by atoms with van der Waals surface area (Å²) in [7, 11) is -3.19. The zero-order valence-electron chi connectivity index (χ0n) is 20.4. The van der Waals surface area contributed by atoms with E-state index in [1.807, 2.05) is 44.2 Å². The maximum atomic E-state index is 12.4. The molecule has 0 bridgehead atoms. The van der Waals surface area contributed by atoms with Crippen molar-refractivity contribution in [2.24, 2.45) is 5.92 Å². The molecule has 0 atom stereocenters. The molecule has 1 fully saturated rings. The normalized spacial score (nSPS) is 15.5. The Morgan fingerprint density at radius 2 is 1.89 bits per heavy atom. The van der Waals surface area contributed by atoms with Crippen LogP contribution in [0.3, 0.4) is 0 Å². The van der Waals surface area contributed by atoms with Crippen molar-refractivity contribution in [2.75, 3.05) is 26.0 Å². The predicted molar refractivity (Wildman–Crippen MR) is 138 cm³/mol. The fourth-order valence-electron chi connectivity index (χ4n) is 4.88. The number of carboxylic acids is 1. The molecule has 3 heterocycles. The van der Waals surface area contributed by atoms with E-state index in [9.17, 15) is 18.3 Å². The Bertz CT molecular complexity index is 1580. The van der Waals surface area contributed by atoms with Crippen LogP contribution in [0.5, 0.6) is 5.75 Å². The third-order valence-electron chi connectivity index (χ3n) is 6.95. The lowest BCUT2D eigenvalue weighted by molar-refractivity contribution is 0.0698. The number of benzene rings is 2. The standard InChI is InChI=1S/C27H28N2O6S/c1-16-8-9-23(34-15-18-10-12-29(13-11-18)36(3,32)33)24-20(27(30)31)14-21(28-25(16)24)26-17(2)19-6-4-5-7-22(19)35-26/h4-9,14,18H,10-13,15H2,1-3H3,(H,30,31). The van der Waals surface area contributed by atoms with Crippen molar-refractivity contribution >= 4 is 37.9 Å². The van der Waals surface area contributed by atoms with E-state index in [1.54, 1.807) is 12.1 Å². The molecular weight excluding hydrogens is 480 g/mol. The minimum atomic E-state index is -3.19. The number of hydrogen-bond donors (Lipinski definition) is 1. The number of sulfonamides is 1. The number of pyridine rings is 1. The van der Waals surface area contributed by atoms with E-state index >= 15 is 0 Å². The maximum Gasteiger partial charge on any atom is 0.336 e. The van der Waals surface area contributed by atoms with Gasteiger partial charge in [-0.15, -0.1) is 0 Å². The van der Waals surface area contributed by atoms with E-state index in [0.717, 1.165) is 22.1 Å². The lowest BCUT2D eigenvalue weighted by Gasteiger charge is -2.30. The van der Waals surface area contributed by atoms with Crippen LogP contribution in [-0.4, -0.2) is 54.7 Å². The number of furan rings is 1. The highest BCUT2D eigenvalue weighted by molar-refractivity contribution is 7.88. The van der Waals surface area contributed by atoms with Gasteiger partial charge < -0.3 is 14.3 Å². The van der Waals surface area contributed by atoms with Gasteiger partial charge in [0.05, 0.1) is 29.3 Å². The van der Waals surface area contributed by atoms with Crippen molar-refractivity contribution in [3.05, 3.63) is 59.2 Å². The maximum absolute atomic E-state index is 12.4. The average molecular weight is 509 g/mol. The van der Waals surface area contributed by atoms with Crippen molar-refractivity contribution in [1.29, 1.82) is 0 Å². The van der Waals surface area contributed by atoms with Gasteiger partial charge in [-0.1, -0.05) is 24.3 Å². The summed E-state index contributed by atoms with van der Waals surface area (Å²) in [5, 5.41) is 11.5. The Morgan fingerprint density at radius 1 is 1.17 bits per heavy atom. The van der Waals surface area contributed by atoms with Crippen LogP contribution < -0.4 is 4.74 Å². The summed E-state index contributed by atoms with van der Waals surface area (Å²) in [5.74, 6) is 0.107. The van der Waals surface area contributed by atoms with Crippen molar-refractivity contribution in [3.63, 3.8) is 0 Å². The van der Waals surface area contributed by atoms with Crippen LogP contribution in [-0.2, 0) is 10.0 Å². The first-order valence-corrected chi connectivity index (χ1v) is 13.7. The number of carbonyl (C=O) groups is 1. The van der Waals surface area contributed by atoms with Crippen LogP contribution >= 0.6 is 0 Å². The van der Waals surface area contributed by atoms with Crippen LogP contribution in [0.2, 0.25) is 0 Å². The third-order valence-corrected chi connectivity index (χ3v) is 8.25. The first-order chi connectivity index (χ1) is 17.1. The molecule has 1 aliphatic rings. The lowest BCUT2D eigenvalue weighted by atomic mass is 9.99. The lowest BCUT2D eigenvalue weighted by Crippen LogP contribution is -2.39. The van der Waals surface area contributed by atoms with Gasteiger partial charge in [0.15, 0.2) is 5.76 Å². The monoisotopic (exact) mass is 508 g/mol. The van der Waals surface area contributed by atoms with Crippen LogP contribution in [0.4, 0.5) is 0 Å². The van der Waals surface area contributed by atoms with Crippen LogP contribution in [0, 0.1) is 19.8 Å². The van der Waals surface area contributed by atoms with E-state index < -0.39 is 16.0 Å². The molecule has 36 heavy (non-hydrogen) atoms. The van der Waals surface area contributed by atoms with Gasteiger partial charge in [0.25, 0.3) is 0 Å². The number of aromatic nitrogens is 1. The molecule has 1 saturated heterocycles. The summed E-state index contributed by atoms with van der Waals surface area (Å²) in [6.45, 7) is 5.13. The molecule has 0 aliphatic carbocycles. The number of nitrogens with zero attached hydrogens (tertiary/aromatic N) is 2. The second-order valence-corrected chi connectivity index (χ2v) is 11.4. The fourth-order valence-corrected chi connectivity index (χ4v) is 5.76. The highest BCUT2D eigenvalue weighted by Gasteiger charge is 2.26. The van der Waals surface area contributed by atoms with Crippen molar-refractivity contribution in [2.45, 2.75) is 26.7 Å². The Balaban J connectivity index is 1.51. The van der Waals surface area contributed by atoms with E-state index in [-0.39, 0.29) is 11.5 Å². The first kappa shape index (κ1) is 24.3. The number of carboxylic acid groups (broad SMARTS) is 1. The number of fused-ring (bicyclic) bond motifs is 2. The quantitative estimate of drug-likeness (QED) is 0.390. The summed E-state index contributed by atoms with van der Waals surface area (Å²) in [6, 6.07) is 12.9. The smallest absolute Gasteiger partial charge is 0.336 e. The minimum absolute atomic E-state index is 0.0976. The topological polar surface area (TPSA) is 110 Å². The number of piperidine rings is 1. The number of ether oxygens (including phenoxy) is 1. The second kappa shape index (κ2) is 9.22. The van der Waals surface area contributed by atoms with Crippen LogP contribution in [0.15, 0.2) is 46.9 Å². The molecule has 2 aromatic carbocycles. The van der Waals surface area contributed by atoms with Crippen LogP contribution in [0.1, 0.15) is 34.3 Å². The molecule has 1 aliphatic heterocycles. The van der Waals surface area contributed by atoms with Gasteiger partial charge in [0, 0.05) is 24.0 Å². The van der Waals surface area contributed by atoms with Gasteiger partial charge in [-0.2, -0.15) is 0 Å². The van der Waals surface area contributed by atoms with Crippen molar-refractivity contribution in [3.8, 4) is 17.2 Å². The third kappa shape index (κ3) is 4.44. The number of hydrogen-bond acceptors (Lipinski definition) is 6. The van der Waals surface area contributed by atoms with Gasteiger partial charge in [-0.3, -0.25) is 0 Å².